The zero-order valence-corrected chi connectivity index (χ0v) is 15.6. The summed E-state index contributed by atoms with van der Waals surface area (Å²) in [4.78, 5) is 12.3. The third-order valence-corrected chi connectivity index (χ3v) is 5.12. The van der Waals surface area contributed by atoms with Gasteiger partial charge >= 0.3 is 0 Å². The summed E-state index contributed by atoms with van der Waals surface area (Å²) in [5.41, 5.74) is 0.627. The second-order valence-electron chi connectivity index (χ2n) is 7.32. The van der Waals surface area contributed by atoms with Gasteiger partial charge in [-0.25, -0.2) is 8.78 Å². The molecule has 0 saturated heterocycles. The first-order valence-electron chi connectivity index (χ1n) is 9.49. The Labute approximate surface area is 162 Å². The molecule has 0 unspecified atom stereocenters. The maximum absolute atomic E-state index is 13.7. The van der Waals surface area contributed by atoms with Gasteiger partial charge in [0.15, 0.2) is 11.5 Å². The van der Waals surface area contributed by atoms with Gasteiger partial charge in [0, 0.05) is 30.7 Å². The number of fused-ring (bicyclic) bond motifs is 1. The lowest BCUT2D eigenvalue weighted by Crippen LogP contribution is -2.40. The number of carbonyl (C=O) groups is 1. The molecule has 1 saturated carbocycles. The minimum atomic E-state index is -0.818. The summed E-state index contributed by atoms with van der Waals surface area (Å²) < 4.78 is 38.8. The maximum Gasteiger partial charge on any atom is 0.251 e. The Morgan fingerprint density at radius 1 is 1.04 bits per heavy atom. The quantitative estimate of drug-likeness (QED) is 0.787. The lowest BCUT2D eigenvalue weighted by Gasteiger charge is -2.31. The van der Waals surface area contributed by atoms with Crippen LogP contribution in [0.1, 0.15) is 39.0 Å². The van der Waals surface area contributed by atoms with Crippen LogP contribution in [0.15, 0.2) is 36.4 Å². The molecule has 1 heterocycles. The molecule has 5 nitrogen and oxygen atoms in total. The van der Waals surface area contributed by atoms with E-state index in [-0.39, 0.29) is 5.69 Å². The van der Waals surface area contributed by atoms with E-state index >= 15 is 0 Å². The Balaban J connectivity index is 1.41. The zero-order chi connectivity index (χ0) is 19.7. The first-order chi connectivity index (χ1) is 13.4. The number of halogens is 2. The molecule has 1 atom stereocenters. The van der Waals surface area contributed by atoms with Crippen LogP contribution in [0.4, 0.5) is 20.2 Å². The summed E-state index contributed by atoms with van der Waals surface area (Å²) in [7, 11) is 0. The van der Waals surface area contributed by atoms with Gasteiger partial charge in [0.2, 0.25) is 5.91 Å². The number of rotatable bonds is 4. The highest BCUT2D eigenvalue weighted by atomic mass is 19.1. The molecule has 2 aromatic carbocycles. The second kappa shape index (κ2) is 7.30. The average Bonchev–Trinajstić information content (AvgIpc) is 3.01. The molecule has 4 rings (SSSR count). The molecule has 1 aliphatic carbocycles. The molecule has 0 bridgehead atoms. The van der Waals surface area contributed by atoms with E-state index in [0.29, 0.717) is 17.2 Å². The van der Waals surface area contributed by atoms with Crippen molar-refractivity contribution in [2.24, 2.45) is 0 Å². The highest BCUT2D eigenvalue weighted by Gasteiger charge is 2.42. The minimum absolute atomic E-state index is 0.0648. The molecule has 0 aromatic heterocycles. The van der Waals surface area contributed by atoms with E-state index in [0.717, 1.165) is 37.8 Å². The first-order valence-corrected chi connectivity index (χ1v) is 9.49. The van der Waals surface area contributed by atoms with Crippen LogP contribution in [-0.2, 0) is 4.79 Å². The lowest BCUT2D eigenvalue weighted by molar-refractivity contribution is -0.116. The standard InChI is InChI=1S/C21H22F2N2O3/c1-13(20(26)25-17-7-5-14(22)11-16(17)23)24-15-6-8-18-19(12-15)28-21(27-18)9-3-2-4-10-21/h5-8,11-13,24H,2-4,9-10H2,1H3,(H,25,26)/t13-/m0/s1. The molecule has 0 radical (unpaired) electrons. The number of carbonyl (C=O) groups excluding carboxylic acids is 1. The molecule has 1 fully saturated rings. The summed E-state index contributed by atoms with van der Waals surface area (Å²) in [6, 6.07) is 7.81. The molecular weight excluding hydrogens is 366 g/mol. The fraction of sp³-hybridized carbons (Fsp3) is 0.381. The van der Waals surface area contributed by atoms with Crippen molar-refractivity contribution in [3.05, 3.63) is 48.0 Å². The van der Waals surface area contributed by atoms with E-state index in [4.69, 9.17) is 9.47 Å². The predicted molar refractivity (Wildman–Crippen MR) is 102 cm³/mol. The number of nitrogens with one attached hydrogen (secondary N) is 2. The van der Waals surface area contributed by atoms with Crippen molar-refractivity contribution in [3.63, 3.8) is 0 Å². The number of anilines is 2. The molecule has 1 amide bonds. The first kappa shape index (κ1) is 18.5. The summed E-state index contributed by atoms with van der Waals surface area (Å²) in [5, 5.41) is 5.53. The van der Waals surface area contributed by atoms with Crippen molar-refractivity contribution in [1.29, 1.82) is 0 Å². The molecule has 2 N–H and O–H groups in total. The topological polar surface area (TPSA) is 59.6 Å². The lowest BCUT2D eigenvalue weighted by atomic mass is 9.94. The molecule has 28 heavy (non-hydrogen) atoms. The highest BCUT2D eigenvalue weighted by molar-refractivity contribution is 5.96. The van der Waals surface area contributed by atoms with Crippen LogP contribution in [0, 0.1) is 11.6 Å². The van der Waals surface area contributed by atoms with Crippen LogP contribution in [0.2, 0.25) is 0 Å². The Morgan fingerprint density at radius 2 is 1.79 bits per heavy atom. The van der Waals surface area contributed by atoms with Crippen LogP contribution >= 0.6 is 0 Å². The molecule has 1 spiro atoms. The van der Waals surface area contributed by atoms with Gasteiger partial charge in [0.25, 0.3) is 5.79 Å². The third-order valence-electron chi connectivity index (χ3n) is 5.12. The van der Waals surface area contributed by atoms with Crippen molar-refractivity contribution < 1.29 is 23.0 Å². The van der Waals surface area contributed by atoms with Gasteiger partial charge in [0.1, 0.15) is 17.7 Å². The van der Waals surface area contributed by atoms with Gasteiger partial charge in [0.05, 0.1) is 5.69 Å². The van der Waals surface area contributed by atoms with Gasteiger partial charge in [-0.05, 0) is 44.0 Å². The molecule has 2 aromatic rings. The number of ether oxygens (including phenoxy) is 2. The summed E-state index contributed by atoms with van der Waals surface area (Å²) >= 11 is 0. The van der Waals surface area contributed by atoms with Crippen molar-refractivity contribution in [2.45, 2.75) is 50.9 Å². The SMILES string of the molecule is C[C@H](Nc1ccc2c(c1)OC1(CCCCC1)O2)C(=O)Nc1ccc(F)cc1F. The van der Waals surface area contributed by atoms with Crippen LogP contribution in [0.3, 0.4) is 0 Å². The van der Waals surface area contributed by atoms with Crippen LogP contribution in [0.25, 0.3) is 0 Å². The van der Waals surface area contributed by atoms with E-state index in [1.165, 1.54) is 12.5 Å². The fourth-order valence-electron chi connectivity index (χ4n) is 3.63. The molecular formula is C21H22F2N2O3. The predicted octanol–water partition coefficient (Wildman–Crippen LogP) is 4.84. The van der Waals surface area contributed by atoms with Gasteiger partial charge in [-0.15, -0.1) is 0 Å². The zero-order valence-electron chi connectivity index (χ0n) is 15.6. The van der Waals surface area contributed by atoms with Crippen LogP contribution in [0.5, 0.6) is 11.5 Å². The molecule has 148 valence electrons. The Morgan fingerprint density at radius 3 is 2.54 bits per heavy atom. The number of benzene rings is 2. The molecule has 1 aliphatic heterocycles. The average molecular weight is 388 g/mol. The van der Waals surface area contributed by atoms with Crippen molar-refractivity contribution in [1.82, 2.24) is 0 Å². The maximum atomic E-state index is 13.7. The van der Waals surface area contributed by atoms with E-state index < -0.39 is 29.4 Å². The third kappa shape index (κ3) is 3.74. The molecule has 7 heteroatoms. The molecule has 2 aliphatic rings. The van der Waals surface area contributed by atoms with E-state index in [1.807, 2.05) is 12.1 Å². The van der Waals surface area contributed by atoms with Gasteiger partial charge in [-0.3, -0.25) is 4.79 Å². The van der Waals surface area contributed by atoms with E-state index in [9.17, 15) is 13.6 Å². The van der Waals surface area contributed by atoms with Crippen molar-refractivity contribution >= 4 is 17.3 Å². The summed E-state index contributed by atoms with van der Waals surface area (Å²) in [5.74, 6) is -1.14. The van der Waals surface area contributed by atoms with Gasteiger partial charge in [-0.2, -0.15) is 0 Å². The number of amides is 1. The fourth-order valence-corrected chi connectivity index (χ4v) is 3.63. The highest BCUT2D eigenvalue weighted by Crippen LogP contribution is 2.46. The van der Waals surface area contributed by atoms with Crippen LogP contribution < -0.4 is 20.1 Å². The van der Waals surface area contributed by atoms with E-state index in [2.05, 4.69) is 10.6 Å². The van der Waals surface area contributed by atoms with Crippen LogP contribution in [-0.4, -0.2) is 17.7 Å². The van der Waals surface area contributed by atoms with Gasteiger partial charge < -0.3 is 20.1 Å². The Bertz CT molecular complexity index is 897. The van der Waals surface area contributed by atoms with Gasteiger partial charge in [-0.1, -0.05) is 6.42 Å². The second-order valence-corrected chi connectivity index (χ2v) is 7.32. The monoisotopic (exact) mass is 388 g/mol. The summed E-state index contributed by atoms with van der Waals surface area (Å²) in [6.45, 7) is 1.66. The summed E-state index contributed by atoms with van der Waals surface area (Å²) in [6.07, 6.45) is 5.09. The van der Waals surface area contributed by atoms with Crippen molar-refractivity contribution in [2.75, 3.05) is 10.6 Å². The van der Waals surface area contributed by atoms with E-state index in [1.54, 1.807) is 13.0 Å². The minimum Gasteiger partial charge on any atom is -0.448 e. The number of hydrogen-bond donors (Lipinski definition) is 2. The Hall–Kier alpha value is -2.83. The van der Waals surface area contributed by atoms with Crippen molar-refractivity contribution in [3.8, 4) is 11.5 Å². The Kier molecular flexibility index (Phi) is 4.83. The largest absolute Gasteiger partial charge is 0.448 e. The smallest absolute Gasteiger partial charge is 0.251 e. The number of hydrogen-bond acceptors (Lipinski definition) is 4. The normalized spacial score (nSPS) is 18.0.